The largest absolute Gasteiger partial charge is 0.477 e. The number of fused-ring (bicyclic) bond motifs is 1. The van der Waals surface area contributed by atoms with Crippen LogP contribution in [0.3, 0.4) is 0 Å². The van der Waals surface area contributed by atoms with E-state index in [4.69, 9.17) is 9.47 Å². The van der Waals surface area contributed by atoms with Crippen LogP contribution >= 0.6 is 11.8 Å². The predicted octanol–water partition coefficient (Wildman–Crippen LogP) is 3.21. The lowest BCUT2D eigenvalue weighted by Gasteiger charge is -2.20. The maximum atomic E-state index is 13.5. The Balaban J connectivity index is 1.37. The van der Waals surface area contributed by atoms with Crippen LogP contribution in [0, 0.1) is 11.8 Å². The summed E-state index contributed by atoms with van der Waals surface area (Å²) in [6, 6.07) is 9.42. The van der Waals surface area contributed by atoms with Crippen LogP contribution in [-0.4, -0.2) is 51.9 Å². The molecule has 5 rings (SSSR count). The molecule has 164 valence electrons. The van der Waals surface area contributed by atoms with Gasteiger partial charge in [0.25, 0.3) is 0 Å². The molecular weight excluding hydrogens is 426 g/mol. The molecular formula is C23H23N5O3S. The van der Waals surface area contributed by atoms with Crippen molar-refractivity contribution in [2.24, 2.45) is 11.8 Å². The van der Waals surface area contributed by atoms with Gasteiger partial charge in [-0.3, -0.25) is 9.78 Å². The molecule has 1 aliphatic heterocycles. The molecule has 3 aromatic rings. The molecule has 1 saturated carbocycles. The van der Waals surface area contributed by atoms with E-state index in [1.807, 2.05) is 43.5 Å². The first-order valence-corrected chi connectivity index (χ1v) is 11.7. The smallest absolute Gasteiger partial charge is 0.237 e. The third kappa shape index (κ3) is 3.51. The Morgan fingerprint density at radius 1 is 1.19 bits per heavy atom. The van der Waals surface area contributed by atoms with Gasteiger partial charge in [0.05, 0.1) is 43.6 Å². The first-order chi connectivity index (χ1) is 15.7. The first kappa shape index (κ1) is 20.8. The lowest BCUT2D eigenvalue weighted by atomic mass is 9.94. The van der Waals surface area contributed by atoms with Gasteiger partial charge in [-0.25, -0.2) is 15.0 Å². The zero-order valence-electron chi connectivity index (χ0n) is 17.8. The lowest BCUT2D eigenvalue weighted by molar-refractivity contribution is -0.120. The summed E-state index contributed by atoms with van der Waals surface area (Å²) in [6.45, 7) is 3.58. The Bertz CT molecular complexity index is 1130. The van der Waals surface area contributed by atoms with E-state index in [2.05, 4.69) is 25.3 Å². The molecule has 1 aliphatic carbocycles. The molecule has 3 heterocycles. The number of carbonyl (C=O) groups is 1. The van der Waals surface area contributed by atoms with Crippen LogP contribution < -0.4 is 10.1 Å². The molecule has 3 atom stereocenters. The van der Waals surface area contributed by atoms with Crippen molar-refractivity contribution in [1.29, 1.82) is 0 Å². The molecule has 1 N–H and O–H groups in total. The molecule has 0 spiro atoms. The van der Waals surface area contributed by atoms with Crippen LogP contribution in [0.1, 0.15) is 12.6 Å². The lowest BCUT2D eigenvalue weighted by Crippen LogP contribution is -2.35. The van der Waals surface area contributed by atoms with Crippen LogP contribution in [0.25, 0.3) is 11.3 Å². The van der Waals surface area contributed by atoms with Crippen LogP contribution in [-0.2, 0) is 14.9 Å². The molecule has 2 aliphatic rings. The normalized spacial score (nSPS) is 23.4. The molecule has 1 unspecified atom stereocenters. The van der Waals surface area contributed by atoms with Gasteiger partial charge in [0.15, 0.2) is 5.16 Å². The number of nitrogens with one attached hydrogen (secondary N) is 1. The summed E-state index contributed by atoms with van der Waals surface area (Å²) in [5.74, 6) is 0.722. The Kier molecular flexibility index (Phi) is 5.52. The number of ether oxygens (including phenoxy) is 2. The quantitative estimate of drug-likeness (QED) is 0.434. The Labute approximate surface area is 190 Å². The molecule has 1 amide bonds. The number of amides is 1. The predicted molar refractivity (Wildman–Crippen MR) is 121 cm³/mol. The van der Waals surface area contributed by atoms with Gasteiger partial charge in [0, 0.05) is 29.3 Å². The summed E-state index contributed by atoms with van der Waals surface area (Å²) < 4.78 is 11.0. The van der Waals surface area contributed by atoms with Gasteiger partial charge in [0.2, 0.25) is 11.8 Å². The van der Waals surface area contributed by atoms with E-state index in [-0.39, 0.29) is 17.7 Å². The van der Waals surface area contributed by atoms with E-state index in [1.165, 1.54) is 11.8 Å². The second kappa shape index (κ2) is 8.48. The molecule has 9 heteroatoms. The molecule has 1 aromatic carbocycles. The molecule has 1 saturated heterocycles. The highest BCUT2D eigenvalue weighted by atomic mass is 32.2. The highest BCUT2D eigenvalue weighted by Gasteiger charge is 2.73. The van der Waals surface area contributed by atoms with E-state index < -0.39 is 5.41 Å². The van der Waals surface area contributed by atoms with Gasteiger partial charge in [-0.05, 0) is 31.4 Å². The fourth-order valence-electron chi connectivity index (χ4n) is 4.52. The van der Waals surface area contributed by atoms with Gasteiger partial charge in [-0.15, -0.1) is 0 Å². The molecule has 0 bridgehead atoms. The van der Waals surface area contributed by atoms with Crippen LogP contribution in [0.5, 0.6) is 5.88 Å². The van der Waals surface area contributed by atoms with Crippen molar-refractivity contribution >= 4 is 23.4 Å². The van der Waals surface area contributed by atoms with Gasteiger partial charge in [-0.2, -0.15) is 0 Å². The fourth-order valence-corrected chi connectivity index (χ4v) is 4.88. The zero-order valence-corrected chi connectivity index (χ0v) is 18.6. The third-order valence-corrected chi connectivity index (χ3v) is 6.66. The first-order valence-electron chi connectivity index (χ1n) is 10.5. The number of thioether (sulfide) groups is 1. The van der Waals surface area contributed by atoms with E-state index in [1.54, 1.807) is 18.6 Å². The summed E-state index contributed by atoms with van der Waals surface area (Å²) in [5.41, 5.74) is 2.43. The number of carbonyl (C=O) groups excluding carboxylic acids is 1. The van der Waals surface area contributed by atoms with Crippen molar-refractivity contribution in [2.45, 2.75) is 17.5 Å². The van der Waals surface area contributed by atoms with Gasteiger partial charge >= 0.3 is 0 Å². The number of nitrogens with zero attached hydrogens (tertiary/aromatic N) is 4. The van der Waals surface area contributed by atoms with E-state index in [0.717, 1.165) is 16.9 Å². The Hall–Kier alpha value is -3.04. The number of anilines is 1. The molecule has 2 aromatic heterocycles. The third-order valence-electron chi connectivity index (χ3n) is 6.10. The topological polar surface area (TPSA) is 99.1 Å². The second-order valence-electron chi connectivity index (χ2n) is 7.76. The fraction of sp³-hybridized carbons (Fsp3) is 0.348. The monoisotopic (exact) mass is 449 g/mol. The Morgan fingerprint density at radius 2 is 1.97 bits per heavy atom. The number of hydrogen-bond donors (Lipinski definition) is 1. The van der Waals surface area contributed by atoms with Crippen molar-refractivity contribution in [2.75, 3.05) is 31.4 Å². The van der Waals surface area contributed by atoms with Crippen molar-refractivity contribution in [3.63, 3.8) is 0 Å². The molecule has 32 heavy (non-hydrogen) atoms. The minimum Gasteiger partial charge on any atom is -0.477 e. The summed E-state index contributed by atoms with van der Waals surface area (Å²) in [7, 11) is 0. The standard InChI is InChI=1S/C23H23N5O3S/c1-3-31-20-11-24-10-18(27-20)14-4-6-15(7-5-14)26-21(29)23(16-12-30-13-17(16)23)19-8-9-25-22(28-19)32-2/h4-11,16-17H,3,12-13H2,1-2H3,(H,26,29)/t16-,17+,23?. The van der Waals surface area contributed by atoms with E-state index >= 15 is 0 Å². The summed E-state index contributed by atoms with van der Waals surface area (Å²) in [4.78, 5) is 31.1. The SMILES string of the molecule is CCOc1cncc(-c2ccc(NC(=O)C3(c4ccnc(SC)n4)[C@@H]4COC[C@@H]43)cc2)n1. The van der Waals surface area contributed by atoms with Crippen molar-refractivity contribution in [1.82, 2.24) is 19.9 Å². The maximum Gasteiger partial charge on any atom is 0.237 e. The number of benzene rings is 1. The molecule has 2 fully saturated rings. The van der Waals surface area contributed by atoms with Gasteiger partial charge in [0.1, 0.15) is 5.41 Å². The second-order valence-corrected chi connectivity index (χ2v) is 8.53. The number of rotatable bonds is 7. The minimum absolute atomic E-state index is 0.0487. The molecule has 0 radical (unpaired) electrons. The van der Waals surface area contributed by atoms with E-state index in [9.17, 15) is 4.79 Å². The molecule has 8 nitrogen and oxygen atoms in total. The minimum atomic E-state index is -0.665. The zero-order chi connectivity index (χ0) is 22.1. The van der Waals surface area contributed by atoms with Crippen molar-refractivity contribution in [3.8, 4) is 17.1 Å². The number of hydrogen-bond acceptors (Lipinski definition) is 8. The number of aromatic nitrogens is 4. The Morgan fingerprint density at radius 3 is 2.69 bits per heavy atom. The maximum absolute atomic E-state index is 13.5. The highest BCUT2D eigenvalue weighted by Crippen LogP contribution is 2.63. The van der Waals surface area contributed by atoms with Crippen LogP contribution in [0.15, 0.2) is 54.1 Å². The van der Waals surface area contributed by atoms with Crippen molar-refractivity contribution in [3.05, 3.63) is 54.6 Å². The van der Waals surface area contributed by atoms with Gasteiger partial charge in [-0.1, -0.05) is 23.9 Å². The van der Waals surface area contributed by atoms with E-state index in [0.29, 0.717) is 36.6 Å². The average molecular weight is 450 g/mol. The summed E-state index contributed by atoms with van der Waals surface area (Å²) >= 11 is 1.47. The average Bonchev–Trinajstić information content (AvgIpc) is 3.20. The summed E-state index contributed by atoms with van der Waals surface area (Å²) in [5, 5.41) is 3.76. The van der Waals surface area contributed by atoms with Crippen molar-refractivity contribution < 1.29 is 14.3 Å². The van der Waals surface area contributed by atoms with Gasteiger partial charge < -0.3 is 14.8 Å². The van der Waals surface area contributed by atoms with Crippen LogP contribution in [0.2, 0.25) is 0 Å². The van der Waals surface area contributed by atoms with Crippen LogP contribution in [0.4, 0.5) is 5.69 Å². The summed E-state index contributed by atoms with van der Waals surface area (Å²) in [6.07, 6.45) is 6.94. The highest BCUT2D eigenvalue weighted by molar-refractivity contribution is 7.98.